The molecule has 0 amide bonds. The van der Waals surface area contributed by atoms with Gasteiger partial charge in [-0.05, 0) is 19.3 Å². The summed E-state index contributed by atoms with van der Waals surface area (Å²) in [6.45, 7) is 6.98. The van der Waals surface area contributed by atoms with Gasteiger partial charge in [-0.15, -0.1) is 0 Å². The van der Waals surface area contributed by atoms with Crippen LogP contribution in [0.1, 0.15) is 26.7 Å². The maximum atomic E-state index is 11.2. The van der Waals surface area contributed by atoms with Gasteiger partial charge in [0, 0.05) is 17.7 Å². The summed E-state index contributed by atoms with van der Waals surface area (Å²) in [6, 6.07) is 0. The largest absolute Gasteiger partial charge is 0.300 e. The average Bonchev–Trinajstić information content (AvgIpc) is 2.10. The summed E-state index contributed by atoms with van der Waals surface area (Å²) in [5, 5.41) is 1.80. The van der Waals surface area contributed by atoms with Crippen LogP contribution in [0.15, 0.2) is 23.0 Å². The van der Waals surface area contributed by atoms with E-state index in [1.54, 1.807) is 5.41 Å². The summed E-state index contributed by atoms with van der Waals surface area (Å²) < 4.78 is 0. The van der Waals surface area contributed by atoms with Crippen LogP contribution in [0.2, 0.25) is 0 Å². The average molecular weight is 198 g/mol. The van der Waals surface area contributed by atoms with E-state index in [-0.39, 0.29) is 18.0 Å². The third kappa shape index (κ3) is 6.34. The standard InChI is InChI=1S/C10H14O2S/c1-4-7-13-9(3)10(12)6-5-8(2)11/h4,7H,3,5-6H2,1-2H3/b7-4-. The fraction of sp³-hybridized carbons (Fsp3) is 0.400. The normalized spacial score (nSPS) is 10.3. The van der Waals surface area contributed by atoms with Crippen molar-refractivity contribution in [3.63, 3.8) is 0 Å². The highest BCUT2D eigenvalue weighted by atomic mass is 32.2. The Bertz CT molecular complexity index is 241. The minimum atomic E-state index is -0.0432. The van der Waals surface area contributed by atoms with Gasteiger partial charge in [-0.3, -0.25) is 4.79 Å². The first-order valence-corrected chi connectivity index (χ1v) is 4.95. The van der Waals surface area contributed by atoms with Crippen molar-refractivity contribution in [3.05, 3.63) is 23.0 Å². The van der Waals surface area contributed by atoms with Gasteiger partial charge in [0.05, 0.1) is 0 Å². The molecule has 0 aromatic rings. The fourth-order valence-corrected chi connectivity index (χ4v) is 1.18. The fourth-order valence-electron chi connectivity index (χ4n) is 0.645. The van der Waals surface area contributed by atoms with Crippen molar-refractivity contribution in [2.75, 3.05) is 0 Å². The molecule has 0 radical (unpaired) electrons. The summed E-state index contributed by atoms with van der Waals surface area (Å²) in [7, 11) is 0. The highest BCUT2D eigenvalue weighted by Gasteiger charge is 2.07. The first kappa shape index (κ1) is 12.2. The molecule has 0 aliphatic carbocycles. The molecule has 0 heterocycles. The van der Waals surface area contributed by atoms with Crippen LogP contribution in [0, 0.1) is 0 Å². The molecule has 13 heavy (non-hydrogen) atoms. The molecular formula is C10H14O2S. The van der Waals surface area contributed by atoms with Crippen LogP contribution in [0.5, 0.6) is 0 Å². The molecule has 0 unspecified atom stereocenters. The minimum Gasteiger partial charge on any atom is -0.300 e. The van der Waals surface area contributed by atoms with Crippen LogP contribution in [-0.2, 0) is 9.59 Å². The van der Waals surface area contributed by atoms with Crippen molar-refractivity contribution in [2.45, 2.75) is 26.7 Å². The topological polar surface area (TPSA) is 34.1 Å². The smallest absolute Gasteiger partial charge is 0.169 e. The van der Waals surface area contributed by atoms with Crippen molar-refractivity contribution in [1.29, 1.82) is 0 Å². The number of thioether (sulfide) groups is 1. The number of carbonyl (C=O) groups excluding carboxylic acids is 2. The third-order valence-corrected chi connectivity index (χ3v) is 2.28. The highest BCUT2D eigenvalue weighted by molar-refractivity contribution is 8.06. The predicted octanol–water partition coefficient (Wildman–Crippen LogP) is 2.71. The second-order valence-electron chi connectivity index (χ2n) is 2.64. The van der Waals surface area contributed by atoms with E-state index < -0.39 is 0 Å². The Balaban J connectivity index is 3.83. The van der Waals surface area contributed by atoms with E-state index in [4.69, 9.17) is 0 Å². The monoisotopic (exact) mass is 198 g/mol. The van der Waals surface area contributed by atoms with E-state index in [0.717, 1.165) is 0 Å². The van der Waals surface area contributed by atoms with Crippen LogP contribution in [0.4, 0.5) is 0 Å². The van der Waals surface area contributed by atoms with Crippen LogP contribution in [-0.4, -0.2) is 11.6 Å². The second-order valence-corrected chi connectivity index (χ2v) is 3.64. The van der Waals surface area contributed by atoms with Gasteiger partial charge < -0.3 is 4.79 Å². The lowest BCUT2D eigenvalue weighted by Crippen LogP contribution is -2.01. The van der Waals surface area contributed by atoms with Gasteiger partial charge in [0.1, 0.15) is 5.78 Å². The van der Waals surface area contributed by atoms with Gasteiger partial charge >= 0.3 is 0 Å². The van der Waals surface area contributed by atoms with E-state index in [1.165, 1.54) is 18.7 Å². The lowest BCUT2D eigenvalue weighted by Gasteiger charge is -1.98. The molecule has 0 aliphatic rings. The highest BCUT2D eigenvalue weighted by Crippen LogP contribution is 2.17. The quantitative estimate of drug-likeness (QED) is 0.615. The number of hydrogen-bond donors (Lipinski definition) is 0. The number of rotatable bonds is 6. The van der Waals surface area contributed by atoms with Crippen LogP contribution < -0.4 is 0 Å². The Kier molecular flexibility index (Phi) is 6.24. The van der Waals surface area contributed by atoms with Crippen molar-refractivity contribution < 1.29 is 9.59 Å². The van der Waals surface area contributed by atoms with Crippen LogP contribution >= 0.6 is 11.8 Å². The number of hydrogen-bond acceptors (Lipinski definition) is 3. The molecule has 0 saturated heterocycles. The molecule has 0 atom stereocenters. The first-order chi connectivity index (χ1) is 6.07. The molecule has 0 fully saturated rings. The number of carbonyl (C=O) groups is 2. The Hall–Kier alpha value is -0.830. The zero-order valence-electron chi connectivity index (χ0n) is 8.00. The molecule has 2 nitrogen and oxygen atoms in total. The summed E-state index contributed by atoms with van der Waals surface area (Å²) in [4.78, 5) is 22.3. The number of ketones is 2. The molecule has 0 bridgehead atoms. The second kappa shape index (κ2) is 6.66. The molecule has 0 saturated carbocycles. The Morgan fingerprint density at radius 3 is 2.46 bits per heavy atom. The maximum Gasteiger partial charge on any atom is 0.169 e. The number of allylic oxidation sites excluding steroid dienone is 2. The van der Waals surface area contributed by atoms with E-state index in [9.17, 15) is 9.59 Å². The van der Waals surface area contributed by atoms with E-state index in [1.807, 2.05) is 13.0 Å². The molecule has 3 heteroatoms. The zero-order chi connectivity index (χ0) is 10.3. The minimum absolute atomic E-state index is 0.0391. The Morgan fingerprint density at radius 2 is 2.00 bits per heavy atom. The Morgan fingerprint density at radius 1 is 1.38 bits per heavy atom. The zero-order valence-corrected chi connectivity index (χ0v) is 8.82. The van der Waals surface area contributed by atoms with Gasteiger partial charge in [-0.2, -0.15) is 0 Å². The summed E-state index contributed by atoms with van der Waals surface area (Å²) in [5.74, 6) is -0.00418. The molecular weight excluding hydrogens is 184 g/mol. The molecule has 0 aromatic carbocycles. The van der Waals surface area contributed by atoms with Gasteiger partial charge in [0.2, 0.25) is 0 Å². The number of Topliss-reactive ketones (excluding diaryl/α,β-unsaturated/α-hetero) is 2. The molecule has 0 rings (SSSR count). The molecule has 0 N–H and O–H groups in total. The van der Waals surface area contributed by atoms with Crippen molar-refractivity contribution >= 4 is 23.3 Å². The molecule has 72 valence electrons. The predicted molar refractivity (Wildman–Crippen MR) is 56.5 cm³/mol. The lowest BCUT2D eigenvalue weighted by molar-refractivity contribution is -0.121. The van der Waals surface area contributed by atoms with E-state index >= 15 is 0 Å². The molecule has 0 aliphatic heterocycles. The van der Waals surface area contributed by atoms with Crippen LogP contribution in [0.3, 0.4) is 0 Å². The third-order valence-electron chi connectivity index (χ3n) is 1.36. The molecule has 0 spiro atoms. The summed E-state index contributed by atoms with van der Waals surface area (Å²) in [5.41, 5.74) is 0. The van der Waals surface area contributed by atoms with Gasteiger partial charge in [-0.25, -0.2) is 0 Å². The van der Waals surface area contributed by atoms with Crippen LogP contribution in [0.25, 0.3) is 0 Å². The van der Waals surface area contributed by atoms with Gasteiger partial charge in [-0.1, -0.05) is 24.4 Å². The Labute approximate surface area is 83.1 Å². The van der Waals surface area contributed by atoms with E-state index in [2.05, 4.69) is 6.58 Å². The van der Waals surface area contributed by atoms with Gasteiger partial charge in [0.25, 0.3) is 0 Å². The molecule has 0 aromatic heterocycles. The van der Waals surface area contributed by atoms with Crippen molar-refractivity contribution in [1.82, 2.24) is 0 Å². The lowest BCUT2D eigenvalue weighted by atomic mass is 10.2. The maximum absolute atomic E-state index is 11.2. The van der Waals surface area contributed by atoms with E-state index in [0.29, 0.717) is 11.3 Å². The summed E-state index contributed by atoms with van der Waals surface area (Å²) >= 11 is 1.30. The summed E-state index contributed by atoms with van der Waals surface area (Å²) in [6.07, 6.45) is 2.43. The van der Waals surface area contributed by atoms with Crippen molar-refractivity contribution in [3.8, 4) is 0 Å². The van der Waals surface area contributed by atoms with Crippen molar-refractivity contribution in [2.24, 2.45) is 0 Å². The van der Waals surface area contributed by atoms with Gasteiger partial charge in [0.15, 0.2) is 5.78 Å². The first-order valence-electron chi connectivity index (χ1n) is 4.07. The SMILES string of the molecule is C=C(S/C=C\C)C(=O)CCC(C)=O.